The van der Waals surface area contributed by atoms with Crippen molar-refractivity contribution >= 4 is 51.1 Å². The Kier molecular flexibility index (Phi) is 5.36. The van der Waals surface area contributed by atoms with Crippen molar-refractivity contribution in [3.05, 3.63) is 187 Å². The normalized spacial score (nSPS) is 16.3. The van der Waals surface area contributed by atoms with Gasteiger partial charge in [0.1, 0.15) is 0 Å². The van der Waals surface area contributed by atoms with Gasteiger partial charge in [0.15, 0.2) is 0 Å². The van der Waals surface area contributed by atoms with Gasteiger partial charge in [0, 0.05) is 38.8 Å². The van der Waals surface area contributed by atoms with E-state index < -0.39 is 0 Å². The molecule has 0 saturated carbocycles. The Morgan fingerprint density at radius 2 is 1.16 bits per heavy atom. The number of para-hydroxylation sites is 3. The summed E-state index contributed by atoms with van der Waals surface area (Å²) in [5.74, 6) is 0. The third-order valence-corrected chi connectivity index (χ3v) is 11.5. The summed E-state index contributed by atoms with van der Waals surface area (Å²) in [6.45, 7) is 2.46. The molecule has 11 rings (SSSR count). The maximum atomic E-state index is 2.58. The molecule has 3 aliphatic rings. The van der Waals surface area contributed by atoms with Gasteiger partial charge in [-0.3, -0.25) is 0 Å². The van der Waals surface area contributed by atoms with Crippen molar-refractivity contribution in [1.82, 2.24) is 4.57 Å². The number of aromatic nitrogens is 1. The van der Waals surface area contributed by atoms with Crippen LogP contribution in [0.1, 0.15) is 23.6 Å². The van der Waals surface area contributed by atoms with E-state index in [1.807, 2.05) is 0 Å². The molecule has 49 heavy (non-hydrogen) atoms. The van der Waals surface area contributed by atoms with E-state index >= 15 is 0 Å². The van der Waals surface area contributed by atoms with Gasteiger partial charge >= 0.3 is 0 Å². The number of anilines is 3. The fourth-order valence-corrected chi connectivity index (χ4v) is 9.46. The summed E-state index contributed by atoms with van der Waals surface area (Å²) in [5, 5.41) is 2.65. The van der Waals surface area contributed by atoms with Crippen molar-refractivity contribution in [3.8, 4) is 28.1 Å². The van der Waals surface area contributed by atoms with E-state index in [9.17, 15) is 0 Å². The number of benzene rings is 7. The molecule has 0 saturated heterocycles. The van der Waals surface area contributed by atoms with Crippen LogP contribution in [0, 0.1) is 0 Å². The van der Waals surface area contributed by atoms with E-state index in [4.69, 9.17) is 0 Å². The van der Waals surface area contributed by atoms with Gasteiger partial charge in [-0.05, 0) is 75.5 Å². The smallest absolute Gasteiger partial charge is 0.269 e. The van der Waals surface area contributed by atoms with E-state index in [0.717, 1.165) is 0 Å². The van der Waals surface area contributed by atoms with Crippen molar-refractivity contribution in [1.29, 1.82) is 0 Å². The molecule has 0 N–H and O–H groups in total. The molecule has 0 radical (unpaired) electrons. The number of nitrogens with zero attached hydrogens (tertiary/aromatic N) is 2. The SMILES string of the molecule is CC1(c2ccccc2)c2ccccc2N2c3cccc4c3B(c3cccc1c32)c1c2c-4cccc2c(-c2ccccc2)n1-c1ccccc1. The van der Waals surface area contributed by atoms with E-state index in [1.54, 1.807) is 0 Å². The van der Waals surface area contributed by atoms with Crippen LogP contribution in [0.5, 0.6) is 0 Å². The summed E-state index contributed by atoms with van der Waals surface area (Å²) in [6, 6.07) is 63.1. The Bertz CT molecular complexity index is 2620. The zero-order valence-electron chi connectivity index (χ0n) is 27.1. The number of hydrogen-bond donors (Lipinski definition) is 0. The predicted octanol–water partition coefficient (Wildman–Crippen LogP) is 9.25. The van der Waals surface area contributed by atoms with Crippen molar-refractivity contribution in [2.75, 3.05) is 4.90 Å². The quantitative estimate of drug-likeness (QED) is 0.178. The first kappa shape index (κ1) is 27.0. The van der Waals surface area contributed by atoms with E-state index in [0.29, 0.717) is 0 Å². The molecule has 228 valence electrons. The molecule has 0 spiro atoms. The van der Waals surface area contributed by atoms with E-state index in [1.165, 1.54) is 89.1 Å². The Morgan fingerprint density at radius 1 is 0.531 bits per heavy atom. The van der Waals surface area contributed by atoms with Crippen molar-refractivity contribution < 1.29 is 0 Å². The van der Waals surface area contributed by atoms with Crippen LogP contribution >= 0.6 is 0 Å². The molecule has 8 aromatic rings. The van der Waals surface area contributed by atoms with Crippen LogP contribution in [0.15, 0.2) is 170 Å². The second-order valence-electron chi connectivity index (χ2n) is 13.8. The third-order valence-electron chi connectivity index (χ3n) is 11.5. The molecular formula is C46H31BN2. The average Bonchev–Trinajstić information content (AvgIpc) is 3.52. The van der Waals surface area contributed by atoms with Crippen LogP contribution < -0.4 is 21.4 Å². The van der Waals surface area contributed by atoms with Gasteiger partial charge in [-0.15, -0.1) is 0 Å². The monoisotopic (exact) mass is 622 g/mol. The maximum absolute atomic E-state index is 2.58. The topological polar surface area (TPSA) is 8.17 Å². The van der Waals surface area contributed by atoms with Crippen LogP contribution in [0.4, 0.5) is 17.1 Å². The average molecular weight is 623 g/mol. The number of fused-ring (bicyclic) bond motifs is 6. The highest BCUT2D eigenvalue weighted by molar-refractivity contribution is 7.00. The molecule has 1 unspecified atom stereocenters. The van der Waals surface area contributed by atoms with Gasteiger partial charge in [-0.2, -0.15) is 0 Å². The summed E-state index contributed by atoms with van der Waals surface area (Å²) >= 11 is 0. The summed E-state index contributed by atoms with van der Waals surface area (Å²) in [6.07, 6.45) is 0. The van der Waals surface area contributed by atoms with Gasteiger partial charge in [0.2, 0.25) is 0 Å². The Labute approximate surface area is 286 Å². The largest absolute Gasteiger partial charge is 0.320 e. The van der Waals surface area contributed by atoms with Gasteiger partial charge in [0.05, 0.1) is 11.4 Å². The summed E-state index contributed by atoms with van der Waals surface area (Å²) in [7, 11) is 0. The summed E-state index contributed by atoms with van der Waals surface area (Å²) in [4.78, 5) is 2.58. The van der Waals surface area contributed by atoms with Crippen LogP contribution in [0.2, 0.25) is 0 Å². The van der Waals surface area contributed by atoms with Crippen molar-refractivity contribution in [3.63, 3.8) is 0 Å². The standard InChI is InChI=1S/C46H31BN2/c1-46(31-18-7-3-8-19-31)36-25-11-12-28-39(36)49-40-29-14-23-34-33-22-13-24-35-41(33)45(47(42(34)40)38-27-15-26-37(46)44(38)49)48(32-20-9-4-10-21-32)43(35)30-16-5-2-6-17-30/h2-29H,1H3. The minimum Gasteiger partial charge on any atom is -0.320 e. The first-order valence-corrected chi connectivity index (χ1v) is 17.2. The first-order chi connectivity index (χ1) is 24.2. The lowest BCUT2D eigenvalue weighted by Gasteiger charge is -2.49. The van der Waals surface area contributed by atoms with Crippen molar-refractivity contribution in [2.24, 2.45) is 0 Å². The highest BCUT2D eigenvalue weighted by Crippen LogP contribution is 2.55. The summed E-state index contributed by atoms with van der Waals surface area (Å²) < 4.78 is 2.58. The van der Waals surface area contributed by atoms with Gasteiger partial charge in [0.25, 0.3) is 6.71 Å². The third kappa shape index (κ3) is 3.37. The molecule has 3 heteroatoms. The highest BCUT2D eigenvalue weighted by Gasteiger charge is 2.49. The van der Waals surface area contributed by atoms with E-state index in [2.05, 4.69) is 186 Å². The molecule has 4 heterocycles. The molecule has 1 atom stereocenters. The fourth-order valence-electron chi connectivity index (χ4n) is 9.46. The minimum absolute atomic E-state index is 0.0396. The molecule has 3 aliphatic heterocycles. The molecule has 1 aromatic heterocycles. The molecule has 0 amide bonds. The fraction of sp³-hybridized carbons (Fsp3) is 0.0435. The van der Waals surface area contributed by atoms with Gasteiger partial charge < -0.3 is 9.47 Å². The Hall–Kier alpha value is -6.06. The lowest BCUT2D eigenvalue weighted by Crippen LogP contribution is -2.62. The number of rotatable bonds is 3. The second-order valence-corrected chi connectivity index (χ2v) is 13.8. The molecule has 2 nitrogen and oxygen atoms in total. The van der Waals surface area contributed by atoms with Crippen LogP contribution in [0.3, 0.4) is 0 Å². The Balaban J connectivity index is 1.32. The number of hydrogen-bond acceptors (Lipinski definition) is 1. The lowest BCUT2D eigenvalue weighted by molar-refractivity contribution is 0.682. The second kappa shape index (κ2) is 9.75. The lowest BCUT2D eigenvalue weighted by atomic mass is 9.33. The molecule has 7 aromatic carbocycles. The zero-order chi connectivity index (χ0) is 32.3. The molecular weight excluding hydrogens is 591 g/mol. The van der Waals surface area contributed by atoms with Gasteiger partial charge in [-0.1, -0.05) is 146 Å². The predicted molar refractivity (Wildman–Crippen MR) is 205 cm³/mol. The van der Waals surface area contributed by atoms with Crippen LogP contribution in [-0.2, 0) is 5.41 Å². The van der Waals surface area contributed by atoms with E-state index in [-0.39, 0.29) is 12.1 Å². The molecule has 0 fully saturated rings. The Morgan fingerprint density at radius 3 is 1.98 bits per heavy atom. The van der Waals surface area contributed by atoms with Crippen LogP contribution in [0.25, 0.3) is 38.8 Å². The van der Waals surface area contributed by atoms with Crippen LogP contribution in [-0.4, -0.2) is 11.3 Å². The first-order valence-electron chi connectivity index (χ1n) is 17.2. The zero-order valence-corrected chi connectivity index (χ0v) is 27.1. The maximum Gasteiger partial charge on any atom is 0.269 e. The molecule has 0 aliphatic carbocycles. The highest BCUT2D eigenvalue weighted by atomic mass is 15.2. The molecule has 0 bridgehead atoms. The van der Waals surface area contributed by atoms with Gasteiger partial charge in [-0.25, -0.2) is 0 Å². The summed E-state index contributed by atoms with van der Waals surface area (Å²) in [5.41, 5.74) is 17.9. The minimum atomic E-state index is -0.326. The van der Waals surface area contributed by atoms with Crippen molar-refractivity contribution in [2.45, 2.75) is 12.3 Å².